The quantitative estimate of drug-likeness (QED) is 0.882. The van der Waals surface area contributed by atoms with Gasteiger partial charge in [-0.1, -0.05) is 13.0 Å². The third-order valence-electron chi connectivity index (χ3n) is 4.72. The molecule has 0 spiro atoms. The van der Waals surface area contributed by atoms with Gasteiger partial charge in [-0.2, -0.15) is 0 Å². The summed E-state index contributed by atoms with van der Waals surface area (Å²) in [6.07, 6.45) is 6.41. The Bertz CT molecular complexity index is 693. The van der Waals surface area contributed by atoms with Crippen LogP contribution in [0.4, 0.5) is 23.0 Å². The zero-order valence-corrected chi connectivity index (χ0v) is 14.8. The first-order valence-corrected chi connectivity index (χ1v) is 8.81. The number of rotatable bonds is 4. The van der Waals surface area contributed by atoms with Crippen molar-refractivity contribution in [1.82, 2.24) is 9.97 Å². The van der Waals surface area contributed by atoms with Crippen LogP contribution in [-0.4, -0.2) is 22.6 Å². The minimum Gasteiger partial charge on any atom is -0.393 e. The molecule has 1 aliphatic heterocycles. The van der Waals surface area contributed by atoms with E-state index in [0.29, 0.717) is 17.5 Å². The maximum atomic E-state index is 6.43. The molecule has 5 nitrogen and oxygen atoms in total. The second-order valence-corrected chi connectivity index (χ2v) is 6.71. The summed E-state index contributed by atoms with van der Waals surface area (Å²) in [7, 11) is 0. The zero-order chi connectivity index (χ0) is 17.1. The van der Waals surface area contributed by atoms with Crippen molar-refractivity contribution < 1.29 is 0 Å². The van der Waals surface area contributed by atoms with E-state index < -0.39 is 0 Å². The highest BCUT2D eigenvalue weighted by molar-refractivity contribution is 5.78. The molecule has 24 heavy (non-hydrogen) atoms. The lowest BCUT2D eigenvalue weighted by atomic mass is 10.00. The van der Waals surface area contributed by atoms with Crippen molar-refractivity contribution in [1.29, 1.82) is 0 Å². The Morgan fingerprint density at radius 2 is 1.92 bits per heavy atom. The zero-order valence-electron chi connectivity index (χ0n) is 14.8. The van der Waals surface area contributed by atoms with Crippen LogP contribution < -0.4 is 16.0 Å². The Labute approximate surface area is 144 Å². The van der Waals surface area contributed by atoms with E-state index in [0.717, 1.165) is 24.5 Å². The van der Waals surface area contributed by atoms with Crippen molar-refractivity contribution in [2.45, 2.75) is 52.5 Å². The molecule has 2 aromatic rings. The Balaban J connectivity index is 1.90. The first-order chi connectivity index (χ1) is 11.6. The average Bonchev–Trinajstić information content (AvgIpc) is 2.56. The summed E-state index contributed by atoms with van der Waals surface area (Å²) >= 11 is 0. The molecule has 1 saturated heterocycles. The number of nitrogens with zero attached hydrogens (tertiary/aromatic N) is 3. The summed E-state index contributed by atoms with van der Waals surface area (Å²) in [4.78, 5) is 11.2. The molecule has 1 aliphatic rings. The van der Waals surface area contributed by atoms with E-state index in [1.165, 1.54) is 30.4 Å². The maximum absolute atomic E-state index is 6.43. The van der Waals surface area contributed by atoms with Gasteiger partial charge in [-0.3, -0.25) is 0 Å². The number of hydrogen-bond donors (Lipinski definition) is 2. The highest BCUT2D eigenvalue weighted by Gasteiger charge is 2.24. The maximum Gasteiger partial charge on any atom is 0.159 e. The summed E-state index contributed by atoms with van der Waals surface area (Å²) in [6.45, 7) is 7.43. The van der Waals surface area contributed by atoms with Crippen LogP contribution in [0.1, 0.15) is 43.7 Å². The van der Waals surface area contributed by atoms with Gasteiger partial charge < -0.3 is 16.0 Å². The van der Waals surface area contributed by atoms with Crippen LogP contribution in [0.25, 0.3) is 0 Å². The molecule has 1 aromatic carbocycles. The SMILES string of the molecule is CCC1CCCCN1c1ncnc(Nc2cc(C)cc(C)c2)c1N. The van der Waals surface area contributed by atoms with Crippen molar-refractivity contribution >= 4 is 23.0 Å². The predicted molar refractivity (Wildman–Crippen MR) is 101 cm³/mol. The monoisotopic (exact) mass is 325 g/mol. The van der Waals surface area contributed by atoms with Gasteiger partial charge in [-0.25, -0.2) is 9.97 Å². The number of hydrogen-bond acceptors (Lipinski definition) is 5. The van der Waals surface area contributed by atoms with Gasteiger partial charge in [0.05, 0.1) is 0 Å². The number of aromatic nitrogens is 2. The average molecular weight is 325 g/mol. The molecular formula is C19H27N5. The number of nitrogen functional groups attached to an aromatic ring is 1. The van der Waals surface area contributed by atoms with Crippen LogP contribution in [0.3, 0.4) is 0 Å². The molecule has 0 aliphatic carbocycles. The van der Waals surface area contributed by atoms with Gasteiger partial charge in [-0.15, -0.1) is 0 Å². The number of anilines is 4. The van der Waals surface area contributed by atoms with Crippen LogP contribution in [-0.2, 0) is 0 Å². The number of piperidine rings is 1. The molecular weight excluding hydrogens is 298 g/mol. The molecule has 1 unspecified atom stereocenters. The normalized spacial score (nSPS) is 17.8. The van der Waals surface area contributed by atoms with Gasteiger partial charge in [0.1, 0.15) is 12.0 Å². The molecule has 3 rings (SSSR count). The van der Waals surface area contributed by atoms with E-state index >= 15 is 0 Å². The fourth-order valence-electron chi connectivity index (χ4n) is 3.60. The van der Waals surface area contributed by atoms with Crippen molar-refractivity contribution in [2.75, 3.05) is 22.5 Å². The summed E-state index contributed by atoms with van der Waals surface area (Å²) in [5, 5.41) is 3.36. The van der Waals surface area contributed by atoms with E-state index in [1.54, 1.807) is 6.33 Å². The fourth-order valence-corrected chi connectivity index (χ4v) is 3.60. The van der Waals surface area contributed by atoms with E-state index in [9.17, 15) is 0 Å². The van der Waals surface area contributed by atoms with Crippen LogP contribution in [0.15, 0.2) is 24.5 Å². The number of nitrogens with two attached hydrogens (primary N) is 1. The second kappa shape index (κ2) is 7.07. The Kier molecular flexibility index (Phi) is 4.88. The van der Waals surface area contributed by atoms with Gasteiger partial charge in [0.2, 0.25) is 0 Å². The summed E-state index contributed by atoms with van der Waals surface area (Å²) < 4.78 is 0. The smallest absolute Gasteiger partial charge is 0.159 e. The molecule has 0 bridgehead atoms. The minimum atomic E-state index is 0.519. The molecule has 0 saturated carbocycles. The van der Waals surface area contributed by atoms with Crippen LogP contribution >= 0.6 is 0 Å². The standard InChI is InChI=1S/C19H27N5/c1-4-16-7-5-6-8-24(16)19-17(20)18(21-12-22-19)23-15-10-13(2)9-14(3)11-15/h9-12,16H,4-8,20H2,1-3H3,(H,21,22,23). The van der Waals surface area contributed by atoms with Gasteiger partial charge >= 0.3 is 0 Å². The third kappa shape index (κ3) is 3.45. The van der Waals surface area contributed by atoms with Crippen molar-refractivity contribution in [3.8, 4) is 0 Å². The summed E-state index contributed by atoms with van der Waals surface area (Å²) in [5.74, 6) is 1.55. The number of benzene rings is 1. The lowest BCUT2D eigenvalue weighted by Gasteiger charge is -2.36. The molecule has 0 radical (unpaired) electrons. The second-order valence-electron chi connectivity index (χ2n) is 6.71. The van der Waals surface area contributed by atoms with Crippen LogP contribution in [0.2, 0.25) is 0 Å². The van der Waals surface area contributed by atoms with E-state index in [4.69, 9.17) is 5.73 Å². The van der Waals surface area contributed by atoms with Gasteiger partial charge in [0.15, 0.2) is 11.6 Å². The Hall–Kier alpha value is -2.30. The van der Waals surface area contributed by atoms with Crippen molar-refractivity contribution in [3.63, 3.8) is 0 Å². The first kappa shape index (κ1) is 16.6. The van der Waals surface area contributed by atoms with E-state index in [2.05, 4.69) is 59.2 Å². The lowest BCUT2D eigenvalue weighted by Crippen LogP contribution is -2.40. The first-order valence-electron chi connectivity index (χ1n) is 8.81. The van der Waals surface area contributed by atoms with Gasteiger partial charge in [0.25, 0.3) is 0 Å². The Morgan fingerprint density at radius 1 is 1.17 bits per heavy atom. The van der Waals surface area contributed by atoms with Crippen molar-refractivity contribution in [2.24, 2.45) is 0 Å². The molecule has 1 atom stereocenters. The van der Waals surface area contributed by atoms with E-state index in [1.807, 2.05) is 0 Å². The fraction of sp³-hybridized carbons (Fsp3) is 0.474. The van der Waals surface area contributed by atoms with Crippen LogP contribution in [0.5, 0.6) is 0 Å². The highest BCUT2D eigenvalue weighted by atomic mass is 15.2. The molecule has 3 N–H and O–H groups in total. The summed E-state index contributed by atoms with van der Waals surface area (Å²) in [6, 6.07) is 6.87. The van der Waals surface area contributed by atoms with Crippen LogP contribution in [0, 0.1) is 13.8 Å². The molecule has 2 heterocycles. The number of nitrogens with one attached hydrogen (secondary N) is 1. The molecule has 0 amide bonds. The topological polar surface area (TPSA) is 67.1 Å². The lowest BCUT2D eigenvalue weighted by molar-refractivity contribution is 0.447. The van der Waals surface area contributed by atoms with Gasteiger partial charge in [0, 0.05) is 18.3 Å². The molecule has 5 heteroatoms. The van der Waals surface area contributed by atoms with Crippen molar-refractivity contribution in [3.05, 3.63) is 35.7 Å². The molecule has 128 valence electrons. The molecule has 1 fully saturated rings. The number of aryl methyl sites for hydroxylation is 2. The molecule has 1 aromatic heterocycles. The summed E-state index contributed by atoms with van der Waals surface area (Å²) in [5.41, 5.74) is 10.5. The third-order valence-corrected chi connectivity index (χ3v) is 4.72. The Morgan fingerprint density at radius 3 is 2.62 bits per heavy atom. The minimum absolute atomic E-state index is 0.519. The predicted octanol–water partition coefficient (Wildman–Crippen LogP) is 4.19. The van der Waals surface area contributed by atoms with E-state index in [-0.39, 0.29) is 0 Å². The largest absolute Gasteiger partial charge is 0.393 e. The highest BCUT2D eigenvalue weighted by Crippen LogP contribution is 2.33. The van der Waals surface area contributed by atoms with Gasteiger partial charge in [-0.05, 0) is 62.8 Å².